The van der Waals surface area contributed by atoms with Gasteiger partial charge in [0.15, 0.2) is 0 Å². The molecule has 2 heterocycles. The van der Waals surface area contributed by atoms with Crippen molar-refractivity contribution >= 4 is 17.5 Å². The lowest BCUT2D eigenvalue weighted by Crippen LogP contribution is -2.36. The van der Waals surface area contributed by atoms with Crippen molar-refractivity contribution in [1.82, 2.24) is 9.97 Å². The van der Waals surface area contributed by atoms with Gasteiger partial charge in [0.1, 0.15) is 5.75 Å². The third-order valence-electron chi connectivity index (χ3n) is 5.53. The van der Waals surface area contributed by atoms with Gasteiger partial charge in [0.25, 0.3) is 0 Å². The molecule has 6 heteroatoms. The number of rotatable bonds is 5. The van der Waals surface area contributed by atoms with Crippen LogP contribution in [0.5, 0.6) is 5.75 Å². The fourth-order valence-corrected chi connectivity index (χ4v) is 4.12. The van der Waals surface area contributed by atoms with Crippen LogP contribution in [0.2, 0.25) is 5.02 Å². The quantitative estimate of drug-likeness (QED) is 0.658. The molecule has 1 aliphatic heterocycles. The third-order valence-corrected chi connectivity index (χ3v) is 5.77. The second-order valence-electron chi connectivity index (χ2n) is 7.29. The predicted octanol–water partition coefficient (Wildman–Crippen LogP) is 4.76. The summed E-state index contributed by atoms with van der Waals surface area (Å²) >= 11 is 6.12. The molecule has 1 saturated heterocycles. The highest BCUT2D eigenvalue weighted by Crippen LogP contribution is 2.38. The van der Waals surface area contributed by atoms with Crippen LogP contribution in [0.3, 0.4) is 0 Å². The highest BCUT2D eigenvalue weighted by atomic mass is 35.5. The van der Waals surface area contributed by atoms with E-state index in [1.54, 1.807) is 19.5 Å². The van der Waals surface area contributed by atoms with Gasteiger partial charge >= 0.3 is 0 Å². The standard InChI is InChI=1S/C23H24ClN3O2/c1-29-21-15-18(17-4-2-5-19(24)14-17)6-7-20(21)22(28)16-8-12-27(13-9-16)23-25-10-3-11-26-23/h2-7,10-11,14-16,22,28H,8-9,12-13H2,1H3. The van der Waals surface area contributed by atoms with Gasteiger partial charge in [-0.05, 0) is 54.2 Å². The first-order valence-electron chi connectivity index (χ1n) is 9.79. The van der Waals surface area contributed by atoms with Crippen LogP contribution in [0.15, 0.2) is 60.9 Å². The van der Waals surface area contributed by atoms with Crippen molar-refractivity contribution in [3.8, 4) is 16.9 Å². The molecule has 29 heavy (non-hydrogen) atoms. The Bertz CT molecular complexity index is 959. The molecule has 0 saturated carbocycles. The molecule has 1 unspecified atom stereocenters. The van der Waals surface area contributed by atoms with E-state index in [0.29, 0.717) is 10.8 Å². The lowest BCUT2D eigenvalue weighted by Gasteiger charge is -2.34. The van der Waals surface area contributed by atoms with Crippen molar-refractivity contribution in [3.05, 3.63) is 71.5 Å². The van der Waals surface area contributed by atoms with E-state index < -0.39 is 6.10 Å². The molecule has 0 bridgehead atoms. The predicted molar refractivity (Wildman–Crippen MR) is 115 cm³/mol. The molecule has 0 radical (unpaired) electrons. The zero-order chi connectivity index (χ0) is 20.2. The van der Waals surface area contributed by atoms with Gasteiger partial charge in [-0.2, -0.15) is 0 Å². The maximum Gasteiger partial charge on any atom is 0.225 e. The monoisotopic (exact) mass is 409 g/mol. The summed E-state index contributed by atoms with van der Waals surface area (Å²) < 4.78 is 5.62. The number of anilines is 1. The van der Waals surface area contributed by atoms with Crippen LogP contribution in [0.25, 0.3) is 11.1 Å². The molecule has 0 spiro atoms. The minimum absolute atomic E-state index is 0.167. The molecule has 1 fully saturated rings. The van der Waals surface area contributed by atoms with Crippen LogP contribution in [-0.2, 0) is 0 Å². The van der Waals surface area contributed by atoms with Crippen molar-refractivity contribution in [2.75, 3.05) is 25.1 Å². The van der Waals surface area contributed by atoms with Gasteiger partial charge in [-0.15, -0.1) is 0 Å². The molecule has 0 aliphatic carbocycles. The molecule has 2 aromatic carbocycles. The van der Waals surface area contributed by atoms with Crippen LogP contribution in [0.1, 0.15) is 24.5 Å². The molecule has 1 aromatic heterocycles. The minimum atomic E-state index is -0.572. The Balaban J connectivity index is 1.49. The van der Waals surface area contributed by atoms with Gasteiger partial charge in [0.05, 0.1) is 13.2 Å². The van der Waals surface area contributed by atoms with Crippen LogP contribution >= 0.6 is 11.6 Å². The summed E-state index contributed by atoms with van der Waals surface area (Å²) in [6.45, 7) is 1.66. The van der Waals surface area contributed by atoms with Crippen molar-refractivity contribution in [2.45, 2.75) is 18.9 Å². The Kier molecular flexibility index (Phi) is 5.97. The van der Waals surface area contributed by atoms with Gasteiger partial charge in [0, 0.05) is 36.1 Å². The Morgan fingerprint density at radius 1 is 1.03 bits per heavy atom. The average molecular weight is 410 g/mol. The van der Waals surface area contributed by atoms with Gasteiger partial charge in [0.2, 0.25) is 5.95 Å². The van der Waals surface area contributed by atoms with E-state index in [1.807, 2.05) is 48.5 Å². The maximum absolute atomic E-state index is 11.1. The molecular weight excluding hydrogens is 386 g/mol. The largest absolute Gasteiger partial charge is 0.496 e. The van der Waals surface area contributed by atoms with E-state index >= 15 is 0 Å². The first kappa shape index (κ1) is 19.7. The summed E-state index contributed by atoms with van der Waals surface area (Å²) in [4.78, 5) is 10.8. The highest BCUT2D eigenvalue weighted by molar-refractivity contribution is 6.30. The summed E-state index contributed by atoms with van der Waals surface area (Å²) in [7, 11) is 1.64. The Morgan fingerprint density at radius 3 is 2.45 bits per heavy atom. The zero-order valence-electron chi connectivity index (χ0n) is 16.3. The Hall–Kier alpha value is -2.63. The maximum atomic E-state index is 11.1. The van der Waals surface area contributed by atoms with E-state index in [2.05, 4.69) is 14.9 Å². The van der Waals surface area contributed by atoms with Crippen LogP contribution < -0.4 is 9.64 Å². The second kappa shape index (κ2) is 8.80. The van der Waals surface area contributed by atoms with Crippen LogP contribution in [0.4, 0.5) is 5.95 Å². The number of aliphatic hydroxyl groups excluding tert-OH is 1. The molecule has 1 aliphatic rings. The topological polar surface area (TPSA) is 58.5 Å². The van der Waals surface area contributed by atoms with Crippen molar-refractivity contribution < 1.29 is 9.84 Å². The number of hydrogen-bond donors (Lipinski definition) is 1. The van der Waals surface area contributed by atoms with Crippen molar-refractivity contribution in [3.63, 3.8) is 0 Å². The highest BCUT2D eigenvalue weighted by Gasteiger charge is 2.29. The molecule has 5 nitrogen and oxygen atoms in total. The molecule has 1 atom stereocenters. The van der Waals surface area contributed by atoms with E-state index in [0.717, 1.165) is 48.6 Å². The average Bonchev–Trinajstić information content (AvgIpc) is 2.79. The number of benzene rings is 2. The molecule has 4 rings (SSSR count). The fraction of sp³-hybridized carbons (Fsp3) is 0.304. The number of nitrogens with zero attached hydrogens (tertiary/aromatic N) is 3. The lowest BCUT2D eigenvalue weighted by molar-refractivity contribution is 0.0902. The van der Waals surface area contributed by atoms with E-state index in [9.17, 15) is 5.11 Å². The smallest absolute Gasteiger partial charge is 0.225 e. The van der Waals surface area contributed by atoms with Crippen molar-refractivity contribution in [2.24, 2.45) is 5.92 Å². The fourth-order valence-electron chi connectivity index (χ4n) is 3.93. The number of aromatic nitrogens is 2. The first-order chi connectivity index (χ1) is 14.2. The molecule has 3 aromatic rings. The molecule has 0 amide bonds. The van der Waals surface area contributed by atoms with Crippen LogP contribution in [-0.4, -0.2) is 35.3 Å². The Morgan fingerprint density at radius 2 is 1.76 bits per heavy atom. The van der Waals surface area contributed by atoms with Gasteiger partial charge in [-0.25, -0.2) is 9.97 Å². The van der Waals surface area contributed by atoms with E-state index in [1.165, 1.54) is 0 Å². The third kappa shape index (κ3) is 4.36. The number of aliphatic hydroxyl groups is 1. The summed E-state index contributed by atoms with van der Waals surface area (Å²) in [5.41, 5.74) is 2.86. The van der Waals surface area contributed by atoms with Gasteiger partial charge < -0.3 is 14.7 Å². The molecule has 150 valence electrons. The number of hydrogen-bond acceptors (Lipinski definition) is 5. The summed E-state index contributed by atoms with van der Waals surface area (Å²) in [5.74, 6) is 1.62. The normalized spacial score (nSPS) is 15.9. The lowest BCUT2D eigenvalue weighted by atomic mass is 9.86. The molecular formula is C23H24ClN3O2. The summed E-state index contributed by atoms with van der Waals surface area (Å²) in [5, 5.41) is 11.8. The number of ether oxygens (including phenoxy) is 1. The van der Waals surface area contributed by atoms with E-state index in [-0.39, 0.29) is 5.92 Å². The van der Waals surface area contributed by atoms with E-state index in [4.69, 9.17) is 16.3 Å². The number of halogens is 1. The summed E-state index contributed by atoms with van der Waals surface area (Å²) in [6.07, 6.45) is 4.69. The number of methoxy groups -OCH3 is 1. The minimum Gasteiger partial charge on any atom is -0.496 e. The van der Waals surface area contributed by atoms with Crippen LogP contribution in [0, 0.1) is 5.92 Å². The first-order valence-corrected chi connectivity index (χ1v) is 10.2. The zero-order valence-corrected chi connectivity index (χ0v) is 17.1. The van der Waals surface area contributed by atoms with Gasteiger partial charge in [-0.1, -0.05) is 35.9 Å². The second-order valence-corrected chi connectivity index (χ2v) is 7.72. The Labute approximate surface area is 176 Å². The molecule has 1 N–H and O–H groups in total. The number of piperidine rings is 1. The van der Waals surface area contributed by atoms with Crippen molar-refractivity contribution in [1.29, 1.82) is 0 Å². The SMILES string of the molecule is COc1cc(-c2cccc(Cl)c2)ccc1C(O)C1CCN(c2ncccn2)CC1. The van der Waals surface area contributed by atoms with Gasteiger partial charge in [-0.3, -0.25) is 0 Å². The summed E-state index contributed by atoms with van der Waals surface area (Å²) in [6, 6.07) is 15.5.